The lowest BCUT2D eigenvalue weighted by atomic mass is 10.0. The summed E-state index contributed by atoms with van der Waals surface area (Å²) in [6, 6.07) is 14.1. The highest BCUT2D eigenvalue weighted by Crippen LogP contribution is 2.34. The summed E-state index contributed by atoms with van der Waals surface area (Å²) in [5, 5.41) is 15.8. The zero-order chi connectivity index (χ0) is 22.4. The molecule has 1 saturated heterocycles. The molecule has 8 nitrogen and oxygen atoms in total. The maximum atomic E-state index is 12.7. The van der Waals surface area contributed by atoms with Crippen LogP contribution in [0.2, 0.25) is 0 Å². The molecule has 10 heteroatoms. The van der Waals surface area contributed by atoms with Crippen molar-refractivity contribution < 1.29 is 17.9 Å². The first-order valence-electron chi connectivity index (χ1n) is 10.7. The Bertz CT molecular complexity index is 1280. The van der Waals surface area contributed by atoms with Crippen LogP contribution in [0.25, 0.3) is 22.7 Å². The van der Waals surface area contributed by atoms with Crippen LogP contribution in [0.15, 0.2) is 53.1 Å². The molecule has 0 atom stereocenters. The Morgan fingerprint density at radius 1 is 1.00 bits per heavy atom. The van der Waals surface area contributed by atoms with Gasteiger partial charge in [-0.3, -0.25) is 4.90 Å². The van der Waals surface area contributed by atoms with E-state index in [4.69, 9.17) is 9.15 Å². The van der Waals surface area contributed by atoms with Crippen LogP contribution in [0.4, 0.5) is 8.78 Å². The molecule has 1 fully saturated rings. The van der Waals surface area contributed by atoms with Crippen molar-refractivity contribution in [3.63, 3.8) is 0 Å². The number of hydrogen-bond acceptors (Lipinski definition) is 7. The van der Waals surface area contributed by atoms with E-state index >= 15 is 0 Å². The zero-order valence-electron chi connectivity index (χ0n) is 17.6. The summed E-state index contributed by atoms with van der Waals surface area (Å²) in [7, 11) is 0. The number of hydrogen-bond donors (Lipinski definition) is 0. The second-order valence-electron chi connectivity index (χ2n) is 8.28. The number of fused-ring (bicyclic) bond motifs is 1. The number of benzene rings is 2. The van der Waals surface area contributed by atoms with E-state index in [1.54, 1.807) is 16.8 Å². The number of ether oxygens (including phenoxy) is 1. The first-order valence-corrected chi connectivity index (χ1v) is 10.7. The molecule has 0 spiro atoms. The van der Waals surface area contributed by atoms with Crippen molar-refractivity contribution in [1.29, 1.82) is 0 Å². The van der Waals surface area contributed by atoms with Crippen molar-refractivity contribution in [2.45, 2.75) is 32.1 Å². The topological polar surface area (TPSA) is 82.1 Å². The van der Waals surface area contributed by atoms with E-state index < -0.39 is 12.3 Å². The molecular formula is C23H20F2N6O2. The molecular weight excluding hydrogens is 430 g/mol. The lowest BCUT2D eigenvalue weighted by Crippen LogP contribution is -2.46. The highest BCUT2D eigenvalue weighted by atomic mass is 19.3. The van der Waals surface area contributed by atoms with Gasteiger partial charge in [0.1, 0.15) is 5.69 Å². The van der Waals surface area contributed by atoms with Gasteiger partial charge >= 0.3 is 6.43 Å². The zero-order valence-corrected chi connectivity index (χ0v) is 17.6. The average molecular weight is 450 g/mol. The highest BCUT2D eigenvalue weighted by Gasteiger charge is 2.32. The fourth-order valence-electron chi connectivity index (χ4n) is 4.26. The molecule has 4 heterocycles. The third-order valence-corrected chi connectivity index (χ3v) is 6.13. The van der Waals surface area contributed by atoms with E-state index in [2.05, 4.69) is 43.6 Å². The van der Waals surface area contributed by atoms with Crippen molar-refractivity contribution in [2.24, 2.45) is 0 Å². The summed E-state index contributed by atoms with van der Waals surface area (Å²) in [5.74, 6) is -0.610. The minimum Gasteiger partial charge on any atom is -0.415 e. The van der Waals surface area contributed by atoms with Gasteiger partial charge in [0, 0.05) is 24.2 Å². The molecule has 0 N–H and O–H groups in total. The van der Waals surface area contributed by atoms with E-state index in [1.165, 1.54) is 11.1 Å². The van der Waals surface area contributed by atoms with Gasteiger partial charge in [-0.25, -0.2) is 4.68 Å². The normalized spacial score (nSPS) is 16.3. The Morgan fingerprint density at radius 3 is 2.58 bits per heavy atom. The summed E-state index contributed by atoms with van der Waals surface area (Å²) in [6.45, 7) is 3.98. The Kier molecular flexibility index (Phi) is 4.96. The molecule has 2 aromatic heterocycles. The van der Waals surface area contributed by atoms with Crippen LogP contribution in [0.3, 0.4) is 0 Å². The van der Waals surface area contributed by atoms with Gasteiger partial charge in [0.15, 0.2) is 0 Å². The van der Waals surface area contributed by atoms with Crippen LogP contribution >= 0.6 is 0 Å². The van der Waals surface area contributed by atoms with Gasteiger partial charge in [-0.05, 0) is 28.8 Å². The van der Waals surface area contributed by atoms with Crippen LogP contribution < -0.4 is 0 Å². The van der Waals surface area contributed by atoms with E-state index in [9.17, 15) is 8.78 Å². The fraction of sp³-hybridized carbons (Fsp3) is 0.304. The fourth-order valence-corrected chi connectivity index (χ4v) is 4.26. The molecule has 6 rings (SSSR count). The Balaban J connectivity index is 1.17. The molecule has 4 aromatic rings. The van der Waals surface area contributed by atoms with Crippen LogP contribution in [0.1, 0.15) is 29.0 Å². The van der Waals surface area contributed by atoms with Gasteiger partial charge in [0.2, 0.25) is 5.89 Å². The lowest BCUT2D eigenvalue weighted by Gasteiger charge is -2.34. The van der Waals surface area contributed by atoms with Crippen molar-refractivity contribution in [1.82, 2.24) is 30.1 Å². The van der Waals surface area contributed by atoms with E-state index in [1.807, 2.05) is 18.3 Å². The van der Waals surface area contributed by atoms with E-state index in [0.29, 0.717) is 18.2 Å². The molecule has 168 valence electrons. The van der Waals surface area contributed by atoms with Gasteiger partial charge in [-0.2, -0.15) is 8.78 Å². The summed E-state index contributed by atoms with van der Waals surface area (Å²) in [5.41, 5.74) is 6.17. The molecule has 2 aliphatic heterocycles. The van der Waals surface area contributed by atoms with Crippen LogP contribution in [-0.4, -0.2) is 49.3 Å². The molecule has 33 heavy (non-hydrogen) atoms. The summed E-state index contributed by atoms with van der Waals surface area (Å²) >= 11 is 0. The second kappa shape index (κ2) is 8.13. The van der Waals surface area contributed by atoms with Gasteiger partial charge in [-0.1, -0.05) is 35.5 Å². The number of halogens is 2. The maximum absolute atomic E-state index is 12.7. The molecule has 0 bridgehead atoms. The van der Waals surface area contributed by atoms with Crippen molar-refractivity contribution in [2.75, 3.05) is 13.2 Å². The minimum atomic E-state index is -2.78. The lowest BCUT2D eigenvalue weighted by molar-refractivity contribution is -0.0669. The molecule has 2 aliphatic rings. The third-order valence-electron chi connectivity index (χ3n) is 6.13. The average Bonchev–Trinajstić information content (AvgIpc) is 3.52. The molecule has 0 saturated carbocycles. The first-order chi connectivity index (χ1) is 16.1. The second-order valence-corrected chi connectivity index (χ2v) is 8.28. The third kappa shape index (κ3) is 3.81. The van der Waals surface area contributed by atoms with Gasteiger partial charge < -0.3 is 9.15 Å². The van der Waals surface area contributed by atoms with Gasteiger partial charge in [0.05, 0.1) is 32.0 Å². The summed E-state index contributed by atoms with van der Waals surface area (Å²) in [6.07, 6.45) is -0.834. The van der Waals surface area contributed by atoms with Crippen molar-refractivity contribution >= 4 is 0 Å². The smallest absolute Gasteiger partial charge is 0.314 e. The number of aromatic nitrogens is 5. The van der Waals surface area contributed by atoms with Gasteiger partial charge in [0.25, 0.3) is 5.89 Å². The summed E-state index contributed by atoms with van der Waals surface area (Å²) in [4.78, 5) is 2.46. The molecule has 0 aliphatic carbocycles. The predicted octanol–water partition coefficient (Wildman–Crippen LogP) is 3.70. The van der Waals surface area contributed by atoms with Crippen LogP contribution in [0.5, 0.6) is 0 Å². The molecule has 0 unspecified atom stereocenters. The Hall–Kier alpha value is -3.50. The van der Waals surface area contributed by atoms with Crippen LogP contribution in [0, 0.1) is 0 Å². The number of rotatable bonds is 6. The van der Waals surface area contributed by atoms with Crippen molar-refractivity contribution in [3.05, 3.63) is 71.2 Å². The Labute approximate surface area is 187 Å². The molecule has 0 amide bonds. The quantitative estimate of drug-likeness (QED) is 0.443. The van der Waals surface area contributed by atoms with Crippen molar-refractivity contribution in [3.8, 4) is 22.7 Å². The predicted molar refractivity (Wildman–Crippen MR) is 113 cm³/mol. The number of alkyl halides is 2. The monoisotopic (exact) mass is 450 g/mol. The summed E-state index contributed by atoms with van der Waals surface area (Å²) < 4.78 is 37.5. The van der Waals surface area contributed by atoms with Gasteiger partial charge in [-0.15, -0.1) is 15.3 Å². The highest BCUT2D eigenvalue weighted by molar-refractivity contribution is 5.65. The maximum Gasteiger partial charge on any atom is 0.314 e. The first kappa shape index (κ1) is 20.1. The SMILES string of the molecule is FC(F)c1nnc(-c2ccc(Cn3cc(-c4cccc5c4CN(C4COC4)C5)nn3)cc2)o1. The minimum absolute atomic E-state index is 0.0698. The van der Waals surface area contributed by atoms with E-state index in [0.717, 1.165) is 43.1 Å². The molecule has 2 aromatic carbocycles. The van der Waals surface area contributed by atoms with Crippen LogP contribution in [-0.2, 0) is 24.4 Å². The standard InChI is InChI=1S/C23H20F2N6O2/c24-21(25)23-28-27-22(33-23)15-6-4-14(5-7-15)8-31-11-20(26-29-31)18-3-1-2-16-9-30(10-19(16)18)17-12-32-13-17/h1-7,11,17,21H,8-10,12-13H2. The molecule has 0 radical (unpaired) electrons. The Morgan fingerprint density at radius 2 is 1.85 bits per heavy atom. The largest absolute Gasteiger partial charge is 0.415 e. The van der Waals surface area contributed by atoms with E-state index in [-0.39, 0.29) is 5.89 Å². The number of nitrogens with zero attached hydrogens (tertiary/aromatic N) is 6.